The first-order valence-corrected chi connectivity index (χ1v) is 27.1. The number of rotatable bonds is 16. The number of fused-ring (bicyclic) bond motifs is 2. The third-order valence-electron chi connectivity index (χ3n) is 16.4. The van der Waals surface area contributed by atoms with Crippen LogP contribution in [0.25, 0.3) is 0 Å². The van der Waals surface area contributed by atoms with Crippen LogP contribution in [-0.4, -0.2) is 168 Å². The maximum Gasteiger partial charge on any atom is 0.317 e. The first-order valence-electron chi connectivity index (χ1n) is 27.1. The normalized spacial score (nSPS) is 27.7. The lowest BCUT2D eigenvalue weighted by Crippen LogP contribution is -2.63. The quantitative estimate of drug-likeness (QED) is 0.103. The van der Waals surface area contributed by atoms with Crippen molar-refractivity contribution in [2.45, 2.75) is 151 Å². The zero-order valence-electron chi connectivity index (χ0n) is 44.0. The minimum atomic E-state index is -1.09. The molecule has 20 nitrogen and oxygen atoms in total. The zero-order valence-corrected chi connectivity index (χ0v) is 44.0. The Kier molecular flexibility index (Phi) is 16.9. The summed E-state index contributed by atoms with van der Waals surface area (Å²) in [6.07, 6.45) is 4.71. The van der Waals surface area contributed by atoms with Gasteiger partial charge in [-0.3, -0.25) is 28.8 Å². The highest BCUT2D eigenvalue weighted by atomic mass is 16.2. The molecule has 4 heterocycles. The third kappa shape index (κ3) is 12.4. The average Bonchev–Trinajstić information content (AvgIpc) is 4.29. The number of hydrogen-bond acceptors (Lipinski definition) is 10. The maximum atomic E-state index is 14.5. The molecule has 10 amide bonds. The summed E-state index contributed by atoms with van der Waals surface area (Å²) in [5.41, 5.74) is 3.85. The number of amides is 10. The lowest BCUT2D eigenvalue weighted by atomic mass is 10.1. The summed E-state index contributed by atoms with van der Waals surface area (Å²) >= 11 is 0. The van der Waals surface area contributed by atoms with Crippen LogP contribution < -0.4 is 42.5 Å². The van der Waals surface area contributed by atoms with Crippen LogP contribution in [0, 0.1) is 0 Å². The highest BCUT2D eigenvalue weighted by molar-refractivity contribution is 5.96. The van der Waals surface area contributed by atoms with Crippen LogP contribution in [0.15, 0.2) is 84.9 Å². The van der Waals surface area contributed by atoms with Crippen molar-refractivity contribution in [2.24, 2.45) is 0 Å². The summed E-state index contributed by atoms with van der Waals surface area (Å²) in [6, 6.07) is 21.3. The molecular weight excluding hydrogens is 969 g/mol. The van der Waals surface area contributed by atoms with Crippen LogP contribution in [0.2, 0.25) is 0 Å². The van der Waals surface area contributed by atoms with Gasteiger partial charge in [-0.05, 0) is 102 Å². The van der Waals surface area contributed by atoms with E-state index in [1.165, 1.54) is 11.1 Å². The molecule has 2 aliphatic carbocycles. The van der Waals surface area contributed by atoms with E-state index in [-0.39, 0.29) is 74.0 Å². The fourth-order valence-electron chi connectivity index (χ4n) is 11.5. The zero-order chi connectivity index (χ0) is 53.6. The van der Waals surface area contributed by atoms with Gasteiger partial charge in [0.2, 0.25) is 35.4 Å². The lowest BCUT2D eigenvalue weighted by molar-refractivity contribution is -0.144. The van der Waals surface area contributed by atoms with Gasteiger partial charge in [0.05, 0.1) is 25.2 Å². The van der Waals surface area contributed by atoms with Crippen molar-refractivity contribution in [3.63, 3.8) is 0 Å². The molecule has 3 aromatic carbocycles. The Morgan fingerprint density at radius 2 is 0.934 bits per heavy atom. The van der Waals surface area contributed by atoms with Crippen molar-refractivity contribution in [3.8, 4) is 0 Å². The van der Waals surface area contributed by atoms with Crippen molar-refractivity contribution in [1.29, 1.82) is 0 Å². The van der Waals surface area contributed by atoms with Crippen LogP contribution in [0.5, 0.6) is 0 Å². The first kappa shape index (κ1) is 53.8. The van der Waals surface area contributed by atoms with Crippen LogP contribution in [0.4, 0.5) is 9.59 Å². The molecule has 6 fully saturated rings. The monoisotopic (exact) mass is 1040 g/mol. The Labute approximate surface area is 444 Å². The standard InChI is InChI=1S/C56H74N12O8/c1-33(57-3)49(69)63-45-31-65(24-22-39-18-20-47(67(39)53(45)73)51(71)61-43-27-41(43)37-14-7-5-8-15-37)55(75)59-29-35-12-11-13-36(26-35)30-60-56(76)66-25-23-40-19-21-48(52(72)62-44-28-42(44)38-16-9-6-10-17-38)68(40)54(74)46(32-66)64-50(70)34(2)58-4/h5-17,26,33-34,39-48,57-58H,18-25,27-32H2,1-4H3,(H,59,75)(H,60,76)(H,61,71)(H,62,72)(H,63,69)(H,64,70)/t33-,34-,39+,40+,41+,42+,43-,44-,45-,46-,47-,48-/m0/s1. The van der Waals surface area contributed by atoms with Crippen molar-refractivity contribution in [1.82, 2.24) is 62.1 Å². The number of urea groups is 2. The Balaban J connectivity index is 0.800. The van der Waals surface area contributed by atoms with Crippen LogP contribution in [-0.2, 0) is 41.9 Å². The first-order chi connectivity index (χ1) is 36.7. The summed E-state index contributed by atoms with van der Waals surface area (Å²) in [6.45, 7) is 4.02. The van der Waals surface area contributed by atoms with E-state index in [0.717, 1.165) is 24.0 Å². The van der Waals surface area contributed by atoms with Gasteiger partial charge in [-0.15, -0.1) is 0 Å². The second-order valence-corrected chi connectivity index (χ2v) is 21.5. The molecule has 0 bridgehead atoms. The number of benzene rings is 3. The van der Waals surface area contributed by atoms with Gasteiger partial charge >= 0.3 is 12.1 Å². The molecule has 76 heavy (non-hydrogen) atoms. The van der Waals surface area contributed by atoms with Gasteiger partial charge in [0.1, 0.15) is 24.2 Å². The van der Waals surface area contributed by atoms with E-state index in [4.69, 9.17) is 0 Å². The molecule has 3 aromatic rings. The van der Waals surface area contributed by atoms with Gasteiger partial charge in [-0.25, -0.2) is 9.59 Å². The molecule has 0 spiro atoms. The molecule has 12 atom stereocenters. The van der Waals surface area contributed by atoms with Crippen molar-refractivity contribution >= 4 is 47.5 Å². The van der Waals surface area contributed by atoms with E-state index < -0.39 is 71.9 Å². The molecule has 2 saturated carbocycles. The molecule has 406 valence electrons. The van der Waals surface area contributed by atoms with E-state index in [0.29, 0.717) is 51.6 Å². The lowest BCUT2D eigenvalue weighted by Gasteiger charge is -2.39. The van der Waals surface area contributed by atoms with Gasteiger partial charge in [0.25, 0.3) is 0 Å². The second-order valence-electron chi connectivity index (χ2n) is 21.5. The minimum Gasteiger partial charge on any atom is -0.351 e. The maximum absolute atomic E-state index is 14.5. The molecule has 0 radical (unpaired) electrons. The van der Waals surface area contributed by atoms with Gasteiger partial charge < -0.3 is 62.1 Å². The van der Waals surface area contributed by atoms with Crippen molar-refractivity contribution in [3.05, 3.63) is 107 Å². The van der Waals surface area contributed by atoms with Gasteiger partial charge in [0.15, 0.2) is 0 Å². The molecule has 0 unspecified atom stereocenters. The number of nitrogens with one attached hydrogen (secondary N) is 8. The molecule has 0 aromatic heterocycles. The number of nitrogens with zero attached hydrogens (tertiary/aromatic N) is 4. The highest BCUT2D eigenvalue weighted by Gasteiger charge is 2.50. The largest absolute Gasteiger partial charge is 0.351 e. The molecular formula is C56H74N12O8. The molecule has 4 saturated heterocycles. The van der Waals surface area contributed by atoms with Gasteiger partial charge in [-0.1, -0.05) is 84.9 Å². The molecule has 20 heteroatoms. The van der Waals surface area contributed by atoms with E-state index in [2.05, 4.69) is 66.8 Å². The van der Waals surface area contributed by atoms with Gasteiger partial charge in [-0.2, -0.15) is 0 Å². The average molecular weight is 1040 g/mol. The number of hydrogen-bond donors (Lipinski definition) is 8. The predicted octanol–water partition coefficient (Wildman–Crippen LogP) is 1.77. The number of carbonyl (C=O) groups is 8. The van der Waals surface area contributed by atoms with Crippen LogP contribution in [0.1, 0.15) is 99.3 Å². The number of likely N-dealkylation sites (N-methyl/N-ethyl adjacent to an activating group) is 2. The summed E-state index contributed by atoms with van der Waals surface area (Å²) in [5, 5.41) is 23.9. The Hall–Kier alpha value is -7.06. The number of carbonyl (C=O) groups excluding carboxylic acids is 8. The summed E-state index contributed by atoms with van der Waals surface area (Å²) < 4.78 is 0. The van der Waals surface area contributed by atoms with Crippen LogP contribution in [0.3, 0.4) is 0 Å². The van der Waals surface area contributed by atoms with E-state index >= 15 is 0 Å². The van der Waals surface area contributed by atoms with Gasteiger partial charge in [0, 0.05) is 62.2 Å². The van der Waals surface area contributed by atoms with Crippen molar-refractivity contribution < 1.29 is 38.4 Å². The Bertz CT molecular complexity index is 2450. The van der Waals surface area contributed by atoms with E-state index in [1.807, 2.05) is 60.7 Å². The molecule has 8 N–H and O–H groups in total. The summed E-state index contributed by atoms with van der Waals surface area (Å²) in [7, 11) is 3.29. The SMILES string of the molecule is CN[C@@H](C)C(=O)N[C@H]1CN(C(=O)NCc2cccc(CNC(=O)N3CC[C@H]4CC[C@@H](C(=O)N[C@H]5C[C@@H]5c5ccccc5)N4C(=O)[C@@H](NC(=O)[C@H](C)NC)C3)c2)CC[C@H]2CC[C@@H](C(=O)N[C@H]3C[C@@H]3c3ccccc3)N2C1=O. The van der Waals surface area contributed by atoms with Crippen LogP contribution >= 0.6 is 0 Å². The Morgan fingerprint density at radius 3 is 1.33 bits per heavy atom. The fourth-order valence-corrected chi connectivity index (χ4v) is 11.5. The smallest absolute Gasteiger partial charge is 0.317 e. The molecule has 9 rings (SSSR count). The predicted molar refractivity (Wildman–Crippen MR) is 283 cm³/mol. The molecule has 6 aliphatic rings. The van der Waals surface area contributed by atoms with E-state index in [9.17, 15) is 38.4 Å². The summed E-state index contributed by atoms with van der Waals surface area (Å²) in [5.74, 6) is -1.54. The third-order valence-corrected chi connectivity index (χ3v) is 16.4. The summed E-state index contributed by atoms with van der Waals surface area (Å²) in [4.78, 5) is 118. The second kappa shape index (κ2) is 23.9. The highest BCUT2D eigenvalue weighted by Crippen LogP contribution is 2.42. The topological polar surface area (TPSA) is 246 Å². The molecule has 4 aliphatic heterocycles. The van der Waals surface area contributed by atoms with E-state index in [1.54, 1.807) is 47.5 Å². The Morgan fingerprint density at radius 1 is 0.526 bits per heavy atom. The fraction of sp³-hybridized carbons (Fsp3) is 0.536. The van der Waals surface area contributed by atoms with Crippen molar-refractivity contribution in [2.75, 3.05) is 40.3 Å². The minimum absolute atomic E-state index is 0.00802.